The van der Waals surface area contributed by atoms with E-state index < -0.39 is 0 Å². The minimum Gasteiger partial charge on any atom is -0.335 e. The molecule has 0 saturated carbocycles. The quantitative estimate of drug-likeness (QED) is 0.798. The summed E-state index contributed by atoms with van der Waals surface area (Å²) in [4.78, 5) is 27.1. The van der Waals surface area contributed by atoms with E-state index in [1.165, 1.54) is 0 Å². The maximum absolute atomic E-state index is 12.8. The Morgan fingerprint density at radius 1 is 1.30 bits per heavy atom. The lowest BCUT2D eigenvalue weighted by atomic mass is 9.97. The molecule has 1 aromatic carbocycles. The molecule has 1 unspecified atom stereocenters. The van der Waals surface area contributed by atoms with Gasteiger partial charge in [-0.25, -0.2) is 0 Å². The number of carbonyl (C=O) groups excluding carboxylic acids is 2. The number of ketones is 1. The Labute approximate surface area is 124 Å². The number of hydrogen-bond donors (Lipinski definition) is 0. The number of likely N-dealkylation sites (tertiary alicyclic amines) is 1. The zero-order valence-electron chi connectivity index (χ0n) is 12.1. The Morgan fingerprint density at radius 3 is 2.75 bits per heavy atom. The summed E-state index contributed by atoms with van der Waals surface area (Å²) in [5.41, 5.74) is 0.760. The van der Waals surface area contributed by atoms with E-state index in [0.717, 1.165) is 36.3 Å². The zero-order chi connectivity index (χ0) is 14.5. The molecule has 1 aliphatic rings. The van der Waals surface area contributed by atoms with Crippen LogP contribution in [0.4, 0.5) is 0 Å². The molecular formula is C16H21NO2S. The second-order valence-corrected chi connectivity index (χ2v) is 6.10. The monoisotopic (exact) mass is 291 g/mol. The Hall–Kier alpha value is -1.29. The van der Waals surface area contributed by atoms with Crippen molar-refractivity contribution in [1.82, 2.24) is 4.90 Å². The van der Waals surface area contributed by atoms with Crippen molar-refractivity contribution in [2.24, 2.45) is 0 Å². The van der Waals surface area contributed by atoms with Crippen molar-refractivity contribution in [3.05, 3.63) is 29.8 Å². The fourth-order valence-corrected chi connectivity index (χ4v) is 3.38. The van der Waals surface area contributed by atoms with E-state index in [1.54, 1.807) is 18.7 Å². The Kier molecular flexibility index (Phi) is 5.24. The third-order valence-electron chi connectivity index (χ3n) is 3.75. The second-order valence-electron chi connectivity index (χ2n) is 5.25. The molecule has 0 aliphatic carbocycles. The van der Waals surface area contributed by atoms with Crippen LogP contribution in [0.3, 0.4) is 0 Å². The maximum atomic E-state index is 12.8. The van der Waals surface area contributed by atoms with Gasteiger partial charge in [-0.1, -0.05) is 12.1 Å². The van der Waals surface area contributed by atoms with Gasteiger partial charge in [0.05, 0.1) is 5.56 Å². The van der Waals surface area contributed by atoms with Gasteiger partial charge in [0.2, 0.25) is 0 Å². The lowest BCUT2D eigenvalue weighted by Crippen LogP contribution is -2.44. The number of hydrogen-bond acceptors (Lipinski definition) is 3. The molecule has 4 heteroatoms. The van der Waals surface area contributed by atoms with Crippen LogP contribution in [0, 0.1) is 0 Å². The van der Waals surface area contributed by atoms with Gasteiger partial charge in [-0.2, -0.15) is 0 Å². The first-order chi connectivity index (χ1) is 9.63. The molecule has 1 aliphatic heterocycles. The molecule has 0 N–H and O–H groups in total. The molecule has 0 spiro atoms. The summed E-state index contributed by atoms with van der Waals surface area (Å²) in [7, 11) is 0. The molecule has 1 fully saturated rings. The number of Topliss-reactive ketones (excluding diaryl/α,β-unsaturated/α-hetero) is 1. The third kappa shape index (κ3) is 3.42. The van der Waals surface area contributed by atoms with Gasteiger partial charge in [0, 0.05) is 23.9 Å². The summed E-state index contributed by atoms with van der Waals surface area (Å²) in [5, 5.41) is 0. The van der Waals surface area contributed by atoms with Crippen molar-refractivity contribution < 1.29 is 9.59 Å². The minimum atomic E-state index is 0.0703. The molecule has 1 saturated heterocycles. The van der Waals surface area contributed by atoms with Crippen LogP contribution in [0.2, 0.25) is 0 Å². The van der Waals surface area contributed by atoms with E-state index in [0.29, 0.717) is 6.42 Å². The Morgan fingerprint density at radius 2 is 2.05 bits per heavy atom. The predicted octanol–water partition coefficient (Wildman–Crippen LogP) is 3.38. The molecular weight excluding hydrogens is 270 g/mol. The summed E-state index contributed by atoms with van der Waals surface area (Å²) < 4.78 is 0. The number of carbonyl (C=O) groups is 2. The highest BCUT2D eigenvalue weighted by Gasteiger charge is 2.29. The van der Waals surface area contributed by atoms with Crippen LogP contribution in [0.25, 0.3) is 0 Å². The second kappa shape index (κ2) is 6.93. The molecule has 20 heavy (non-hydrogen) atoms. The van der Waals surface area contributed by atoms with Crippen LogP contribution in [0.15, 0.2) is 29.2 Å². The highest BCUT2D eigenvalue weighted by Crippen LogP contribution is 2.26. The molecule has 0 radical (unpaired) electrons. The lowest BCUT2D eigenvalue weighted by molar-refractivity contribution is -0.118. The molecule has 1 aromatic rings. The molecule has 3 nitrogen and oxygen atoms in total. The normalized spacial score (nSPS) is 18.9. The summed E-state index contributed by atoms with van der Waals surface area (Å²) >= 11 is 1.59. The molecule has 1 amide bonds. The van der Waals surface area contributed by atoms with Gasteiger partial charge in [0.15, 0.2) is 0 Å². The van der Waals surface area contributed by atoms with Gasteiger partial charge in [-0.3, -0.25) is 9.59 Å². The predicted molar refractivity (Wildman–Crippen MR) is 82.2 cm³/mol. The van der Waals surface area contributed by atoms with Gasteiger partial charge in [-0.15, -0.1) is 11.8 Å². The first-order valence-corrected chi connectivity index (χ1v) is 8.29. The van der Waals surface area contributed by atoms with Crippen LogP contribution in [0.5, 0.6) is 0 Å². The number of nitrogens with zero attached hydrogens (tertiary/aromatic N) is 1. The van der Waals surface area contributed by atoms with Crippen LogP contribution in [0.1, 0.15) is 43.0 Å². The molecule has 1 atom stereocenters. The summed E-state index contributed by atoms with van der Waals surface area (Å²) in [5.74, 6) is 0.230. The fraction of sp³-hybridized carbons (Fsp3) is 0.500. The highest BCUT2D eigenvalue weighted by atomic mass is 32.2. The van der Waals surface area contributed by atoms with Crippen LogP contribution >= 0.6 is 11.8 Å². The minimum absolute atomic E-state index is 0.0703. The van der Waals surface area contributed by atoms with E-state index in [9.17, 15) is 9.59 Å². The van der Waals surface area contributed by atoms with Gasteiger partial charge < -0.3 is 4.90 Å². The topological polar surface area (TPSA) is 37.4 Å². The van der Waals surface area contributed by atoms with Crippen LogP contribution in [-0.4, -0.2) is 35.4 Å². The lowest BCUT2D eigenvalue weighted by Gasteiger charge is -2.35. The number of benzene rings is 1. The van der Waals surface area contributed by atoms with Crippen molar-refractivity contribution in [3.63, 3.8) is 0 Å². The third-order valence-corrected chi connectivity index (χ3v) is 4.54. The summed E-state index contributed by atoms with van der Waals surface area (Å²) in [6.07, 6.45) is 5.53. The SMILES string of the molecule is CSc1ccccc1C(=O)N1CCCCC1CC(C)=O. The van der Waals surface area contributed by atoms with Gasteiger partial charge in [-0.05, 0) is 44.6 Å². The van der Waals surface area contributed by atoms with Crippen LogP contribution < -0.4 is 0 Å². The largest absolute Gasteiger partial charge is 0.335 e. The number of thioether (sulfide) groups is 1. The molecule has 2 rings (SSSR count). The zero-order valence-corrected chi connectivity index (χ0v) is 12.9. The number of piperidine rings is 1. The average molecular weight is 291 g/mol. The van der Waals surface area contributed by atoms with Crippen LogP contribution in [-0.2, 0) is 4.79 Å². The number of rotatable bonds is 4. The molecule has 1 heterocycles. The van der Waals surface area contributed by atoms with Crippen molar-refractivity contribution in [2.45, 2.75) is 43.5 Å². The van der Waals surface area contributed by atoms with E-state index in [4.69, 9.17) is 0 Å². The van der Waals surface area contributed by atoms with Crippen molar-refractivity contribution in [1.29, 1.82) is 0 Å². The van der Waals surface area contributed by atoms with E-state index in [2.05, 4.69) is 0 Å². The van der Waals surface area contributed by atoms with Crippen molar-refractivity contribution in [2.75, 3.05) is 12.8 Å². The first kappa shape index (κ1) is 15.1. The van der Waals surface area contributed by atoms with Gasteiger partial charge >= 0.3 is 0 Å². The smallest absolute Gasteiger partial charge is 0.255 e. The van der Waals surface area contributed by atoms with Gasteiger partial charge in [0.25, 0.3) is 5.91 Å². The number of amides is 1. The Balaban J connectivity index is 2.23. The highest BCUT2D eigenvalue weighted by molar-refractivity contribution is 7.98. The van der Waals surface area contributed by atoms with E-state index >= 15 is 0 Å². The maximum Gasteiger partial charge on any atom is 0.255 e. The van der Waals surface area contributed by atoms with Crippen molar-refractivity contribution >= 4 is 23.5 Å². The van der Waals surface area contributed by atoms with Crippen molar-refractivity contribution in [3.8, 4) is 0 Å². The fourth-order valence-electron chi connectivity index (χ4n) is 2.79. The van der Waals surface area contributed by atoms with Gasteiger partial charge in [0.1, 0.15) is 5.78 Å². The summed E-state index contributed by atoms with van der Waals surface area (Å²) in [6, 6.07) is 7.78. The Bertz CT molecular complexity index is 501. The average Bonchev–Trinajstić information content (AvgIpc) is 2.46. The molecule has 0 aromatic heterocycles. The van der Waals surface area contributed by atoms with E-state index in [1.807, 2.05) is 35.4 Å². The molecule has 108 valence electrons. The molecule has 0 bridgehead atoms. The van der Waals surface area contributed by atoms with E-state index in [-0.39, 0.29) is 17.7 Å². The summed E-state index contributed by atoms with van der Waals surface area (Å²) in [6.45, 7) is 2.37. The first-order valence-electron chi connectivity index (χ1n) is 7.07. The standard InChI is InChI=1S/C16H21NO2S/c1-12(18)11-13-7-5-6-10-17(13)16(19)14-8-3-4-9-15(14)20-2/h3-4,8-9,13H,5-7,10-11H2,1-2H3.